The molecule has 0 fully saturated rings. The van der Waals surface area contributed by atoms with Crippen LogP contribution < -0.4 is 31.1 Å². The average molecular weight is 570 g/mol. The van der Waals surface area contributed by atoms with Gasteiger partial charge in [-0.25, -0.2) is 14.7 Å². The van der Waals surface area contributed by atoms with Crippen LogP contribution in [0, 0.1) is 0 Å². The predicted molar refractivity (Wildman–Crippen MR) is 139 cm³/mol. The first kappa shape index (κ1) is 27.1. The molecule has 0 bridgehead atoms. The number of benzene rings is 3. The number of methoxy groups -OCH3 is 1. The monoisotopic (exact) mass is 570 g/mol. The Bertz CT molecular complexity index is 1560. The van der Waals surface area contributed by atoms with E-state index in [1.165, 1.54) is 30.4 Å². The average Bonchev–Trinajstić information content (AvgIpc) is 3.57. The van der Waals surface area contributed by atoms with Crippen LogP contribution >= 0.6 is 0 Å². The minimum absolute atomic E-state index is 0.104. The van der Waals surface area contributed by atoms with Crippen LogP contribution in [0.1, 0.15) is 5.56 Å². The summed E-state index contributed by atoms with van der Waals surface area (Å²) in [5, 5.41) is 28.7. The highest BCUT2D eigenvalue weighted by atomic mass is 19.4. The summed E-state index contributed by atoms with van der Waals surface area (Å²) in [5.74, 6) is 0.819. The van der Waals surface area contributed by atoms with Gasteiger partial charge >= 0.3 is 18.3 Å². The van der Waals surface area contributed by atoms with Crippen molar-refractivity contribution in [2.24, 2.45) is 0 Å². The number of hydrogen-bond acceptors (Lipinski definition) is 9. The van der Waals surface area contributed by atoms with Gasteiger partial charge in [0.25, 0.3) is 0 Å². The van der Waals surface area contributed by atoms with Crippen LogP contribution in [-0.4, -0.2) is 45.5 Å². The van der Waals surface area contributed by atoms with E-state index in [9.17, 15) is 28.0 Å². The van der Waals surface area contributed by atoms with Crippen LogP contribution in [0.25, 0.3) is 5.69 Å². The summed E-state index contributed by atoms with van der Waals surface area (Å²) in [4.78, 5) is 24.1. The van der Waals surface area contributed by atoms with Gasteiger partial charge in [0, 0.05) is 11.8 Å². The lowest BCUT2D eigenvalue weighted by Crippen LogP contribution is -2.48. The number of hydrogen-bond donors (Lipinski definition) is 5. The predicted octanol–water partition coefficient (Wildman–Crippen LogP) is 4.98. The molecule has 1 aromatic heterocycles. The summed E-state index contributed by atoms with van der Waals surface area (Å²) >= 11 is 0. The van der Waals surface area contributed by atoms with E-state index in [2.05, 4.69) is 36.2 Å². The van der Waals surface area contributed by atoms with Crippen molar-refractivity contribution in [3.8, 4) is 17.2 Å². The van der Waals surface area contributed by atoms with Crippen molar-refractivity contribution in [3.05, 3.63) is 78.9 Å². The molecule has 16 heteroatoms. The Morgan fingerprint density at radius 3 is 2.32 bits per heavy atom. The second kappa shape index (κ2) is 10.9. The van der Waals surface area contributed by atoms with Gasteiger partial charge in [-0.05, 0) is 54.6 Å². The van der Waals surface area contributed by atoms with Gasteiger partial charge in [0.05, 0.1) is 35.4 Å². The number of hydroxylamine groups is 1. The normalized spacial score (nSPS) is 14.1. The first-order valence-corrected chi connectivity index (χ1v) is 11.8. The summed E-state index contributed by atoms with van der Waals surface area (Å²) in [7, 11) is 1.20. The third-order valence-corrected chi connectivity index (χ3v) is 5.81. The zero-order valence-electron chi connectivity index (χ0n) is 21.0. The number of carbonyl (C=O) groups excluding carboxylic acids is 2. The largest absolute Gasteiger partial charge is 0.457 e. The van der Waals surface area contributed by atoms with Crippen LogP contribution in [0.4, 0.5) is 45.5 Å². The third-order valence-electron chi connectivity index (χ3n) is 5.81. The Hall–Kier alpha value is -5.51. The van der Waals surface area contributed by atoms with Crippen molar-refractivity contribution in [1.29, 1.82) is 0 Å². The number of amides is 3. The van der Waals surface area contributed by atoms with Crippen molar-refractivity contribution < 1.29 is 37.4 Å². The lowest BCUT2D eigenvalue weighted by atomic mass is 10.1. The molecule has 3 aromatic carbocycles. The number of nitrogens with one attached hydrogen (secondary N) is 4. The van der Waals surface area contributed by atoms with E-state index in [1.54, 1.807) is 42.5 Å². The van der Waals surface area contributed by atoms with Crippen LogP contribution in [0.15, 0.2) is 73.3 Å². The topological polar surface area (TPSA) is 155 Å². The van der Waals surface area contributed by atoms with Gasteiger partial charge in [-0.2, -0.15) is 13.2 Å². The summed E-state index contributed by atoms with van der Waals surface area (Å²) in [5.41, 5.74) is 0.431. The van der Waals surface area contributed by atoms with Crippen LogP contribution in [0.3, 0.4) is 0 Å². The lowest BCUT2D eigenvalue weighted by molar-refractivity contribution is -0.137. The maximum atomic E-state index is 13.3. The Balaban J connectivity index is 1.24. The smallest absolute Gasteiger partial charge is 0.416 e. The standard InChI is InChI=1S/C25H21F3N8O5/c1-40-24(38)34-22-32-19-11-17(7-9-21(19)36(22)39)41-16-5-3-15(4-6-16)31-23(37)33-18-10-14(25(26,27)28)2-8-20(18)35-12-29-30-13-35/h2-13,22,32,39H,1H3,(H,34,38)(H2,31,33,37). The molecule has 5 rings (SSSR count). The molecule has 13 nitrogen and oxygen atoms in total. The second-order valence-corrected chi connectivity index (χ2v) is 8.51. The summed E-state index contributed by atoms with van der Waals surface area (Å²) in [6, 6.07) is 13.2. The van der Waals surface area contributed by atoms with Crippen molar-refractivity contribution in [2.45, 2.75) is 12.5 Å². The van der Waals surface area contributed by atoms with E-state index in [-0.39, 0.29) is 11.4 Å². The zero-order chi connectivity index (χ0) is 29.1. The van der Waals surface area contributed by atoms with Crippen molar-refractivity contribution in [2.75, 3.05) is 28.1 Å². The van der Waals surface area contributed by atoms with Gasteiger partial charge in [-0.1, -0.05) is 0 Å². The van der Waals surface area contributed by atoms with Crippen molar-refractivity contribution in [3.63, 3.8) is 0 Å². The summed E-state index contributed by atoms with van der Waals surface area (Å²) < 4.78 is 51.5. The van der Waals surface area contributed by atoms with E-state index >= 15 is 0 Å². The molecular weight excluding hydrogens is 549 g/mol. The van der Waals surface area contributed by atoms with E-state index in [1.807, 2.05) is 0 Å². The number of ether oxygens (including phenoxy) is 2. The molecule has 2 heterocycles. The molecule has 41 heavy (non-hydrogen) atoms. The molecule has 0 saturated carbocycles. The fourth-order valence-corrected chi connectivity index (χ4v) is 3.90. The third kappa shape index (κ3) is 6.06. The molecule has 5 N–H and O–H groups in total. The van der Waals surface area contributed by atoms with Crippen molar-refractivity contribution in [1.82, 2.24) is 20.1 Å². The Kier molecular flexibility index (Phi) is 7.22. The molecular formula is C25H21F3N8O5. The lowest BCUT2D eigenvalue weighted by Gasteiger charge is -2.19. The first-order valence-electron chi connectivity index (χ1n) is 11.8. The van der Waals surface area contributed by atoms with Crippen molar-refractivity contribution >= 4 is 34.9 Å². The van der Waals surface area contributed by atoms with E-state index in [4.69, 9.17) is 4.74 Å². The van der Waals surface area contributed by atoms with Gasteiger partial charge in [0.2, 0.25) is 6.29 Å². The van der Waals surface area contributed by atoms with Gasteiger partial charge in [0.15, 0.2) is 0 Å². The SMILES string of the molecule is COC(=O)NC1Nc2cc(Oc3ccc(NC(=O)Nc4cc(C(F)(F)F)ccc4-n4cnnc4)cc3)ccc2N1O. The van der Waals surface area contributed by atoms with Gasteiger partial charge < -0.3 is 25.4 Å². The van der Waals surface area contributed by atoms with E-state index < -0.39 is 30.2 Å². The Labute approximate surface area is 229 Å². The fraction of sp³-hybridized carbons (Fsp3) is 0.120. The number of alkyl halides is 3. The van der Waals surface area contributed by atoms with Crippen LogP contribution in [-0.2, 0) is 10.9 Å². The van der Waals surface area contributed by atoms with Gasteiger partial charge in [-0.3, -0.25) is 15.1 Å². The highest BCUT2D eigenvalue weighted by Gasteiger charge is 2.32. The number of fused-ring (bicyclic) bond motifs is 1. The first-order chi connectivity index (χ1) is 19.6. The molecule has 1 unspecified atom stereocenters. The minimum atomic E-state index is -4.61. The Morgan fingerprint density at radius 2 is 1.63 bits per heavy atom. The highest BCUT2D eigenvalue weighted by Crippen LogP contribution is 2.37. The molecule has 0 spiro atoms. The number of aromatic nitrogens is 3. The molecule has 3 amide bonds. The molecule has 1 atom stereocenters. The number of anilines is 4. The number of halogens is 3. The molecule has 0 saturated heterocycles. The minimum Gasteiger partial charge on any atom is -0.457 e. The number of alkyl carbamates (subject to hydrolysis) is 1. The fourth-order valence-electron chi connectivity index (χ4n) is 3.90. The van der Waals surface area contributed by atoms with Gasteiger partial charge in [-0.15, -0.1) is 10.2 Å². The highest BCUT2D eigenvalue weighted by molar-refractivity contribution is 6.01. The number of carbonyl (C=O) groups is 2. The quantitative estimate of drug-likeness (QED) is 0.216. The molecule has 4 aromatic rings. The second-order valence-electron chi connectivity index (χ2n) is 8.51. The molecule has 0 radical (unpaired) electrons. The maximum Gasteiger partial charge on any atom is 0.416 e. The Morgan fingerprint density at radius 1 is 0.951 bits per heavy atom. The van der Waals surface area contributed by atoms with E-state index in [0.717, 1.165) is 17.2 Å². The zero-order valence-corrected chi connectivity index (χ0v) is 21.0. The molecule has 212 valence electrons. The summed E-state index contributed by atoms with van der Waals surface area (Å²) in [6.45, 7) is 0. The number of nitrogens with zero attached hydrogens (tertiary/aromatic N) is 4. The molecule has 1 aliphatic rings. The molecule has 0 aliphatic carbocycles. The number of rotatable bonds is 6. The molecule has 1 aliphatic heterocycles. The number of urea groups is 1. The van der Waals surface area contributed by atoms with Gasteiger partial charge in [0.1, 0.15) is 24.2 Å². The summed E-state index contributed by atoms with van der Waals surface area (Å²) in [6.07, 6.45) is -3.70. The maximum absolute atomic E-state index is 13.3. The van der Waals surface area contributed by atoms with Crippen LogP contribution in [0.2, 0.25) is 0 Å². The van der Waals surface area contributed by atoms with Crippen LogP contribution in [0.5, 0.6) is 11.5 Å². The van der Waals surface area contributed by atoms with E-state index in [0.29, 0.717) is 28.6 Å².